The summed E-state index contributed by atoms with van der Waals surface area (Å²) in [6.07, 6.45) is 0. The highest BCUT2D eigenvalue weighted by Crippen LogP contribution is 2.31. The van der Waals surface area contributed by atoms with Crippen LogP contribution in [-0.2, 0) is 0 Å². The van der Waals surface area contributed by atoms with Gasteiger partial charge in [-0.05, 0) is 72.8 Å². The van der Waals surface area contributed by atoms with E-state index in [2.05, 4.69) is 30.4 Å². The van der Waals surface area contributed by atoms with E-state index < -0.39 is 0 Å². The number of thiophene rings is 1. The molecular weight excluding hydrogens is 348 g/mol. The molecule has 0 spiro atoms. The Morgan fingerprint density at radius 1 is 1.04 bits per heavy atom. The highest BCUT2D eigenvalue weighted by Gasteiger charge is 2.11. The summed E-state index contributed by atoms with van der Waals surface area (Å²) >= 11 is 3.15. The third kappa shape index (κ3) is 3.21. The van der Waals surface area contributed by atoms with Crippen LogP contribution in [0.1, 0.15) is 20.8 Å². The molecule has 25 heavy (non-hydrogen) atoms. The Morgan fingerprint density at radius 3 is 2.56 bits per heavy atom. The van der Waals surface area contributed by atoms with Crippen LogP contribution in [0.3, 0.4) is 0 Å². The number of carbonyl (C=O) groups excluding carboxylic acids is 1. The molecule has 3 nitrogen and oxygen atoms in total. The number of aryl methyl sites for hydroxylation is 2. The Balaban J connectivity index is 1.57. The first kappa shape index (κ1) is 16.0. The average molecular weight is 364 g/mol. The summed E-state index contributed by atoms with van der Waals surface area (Å²) in [5.41, 5.74) is 5.12. The van der Waals surface area contributed by atoms with E-state index in [1.165, 1.54) is 21.6 Å². The van der Waals surface area contributed by atoms with E-state index in [-0.39, 0.29) is 5.91 Å². The van der Waals surface area contributed by atoms with E-state index in [1.807, 2.05) is 42.6 Å². The van der Waals surface area contributed by atoms with Crippen molar-refractivity contribution < 1.29 is 4.79 Å². The number of hydrogen-bond acceptors (Lipinski definition) is 4. The van der Waals surface area contributed by atoms with Crippen LogP contribution in [0.2, 0.25) is 0 Å². The van der Waals surface area contributed by atoms with Gasteiger partial charge in [-0.15, -0.1) is 22.7 Å². The number of nitrogens with zero attached hydrogens (tertiary/aromatic N) is 1. The third-order valence-corrected chi connectivity index (χ3v) is 6.08. The molecule has 1 N–H and O–H groups in total. The zero-order chi connectivity index (χ0) is 17.4. The Morgan fingerprint density at radius 2 is 1.84 bits per heavy atom. The molecule has 2 aromatic carbocycles. The number of aromatic nitrogens is 1. The van der Waals surface area contributed by atoms with Gasteiger partial charge < -0.3 is 5.32 Å². The second-order valence-corrected chi connectivity index (χ2v) is 7.90. The zero-order valence-corrected chi connectivity index (χ0v) is 15.5. The Labute approximate surface area is 154 Å². The lowest BCUT2D eigenvalue weighted by Crippen LogP contribution is -2.11. The van der Waals surface area contributed by atoms with Gasteiger partial charge in [-0.25, -0.2) is 4.98 Å². The van der Waals surface area contributed by atoms with Gasteiger partial charge in [0.1, 0.15) is 5.01 Å². The van der Waals surface area contributed by atoms with Gasteiger partial charge in [0, 0.05) is 11.3 Å². The monoisotopic (exact) mass is 364 g/mol. The minimum Gasteiger partial charge on any atom is -0.321 e. The molecule has 0 bridgehead atoms. The summed E-state index contributed by atoms with van der Waals surface area (Å²) in [4.78, 5) is 17.7. The lowest BCUT2D eigenvalue weighted by Gasteiger charge is -2.05. The fourth-order valence-corrected chi connectivity index (χ4v) is 4.53. The van der Waals surface area contributed by atoms with Crippen molar-refractivity contribution >= 4 is 44.5 Å². The lowest BCUT2D eigenvalue weighted by molar-refractivity contribution is 0.103. The number of carbonyl (C=O) groups is 1. The quantitative estimate of drug-likeness (QED) is 0.492. The van der Waals surface area contributed by atoms with E-state index in [4.69, 9.17) is 4.98 Å². The maximum Gasteiger partial charge on any atom is 0.265 e. The summed E-state index contributed by atoms with van der Waals surface area (Å²) < 4.78 is 1.19. The number of rotatable bonds is 3. The zero-order valence-electron chi connectivity index (χ0n) is 13.9. The summed E-state index contributed by atoms with van der Waals surface area (Å²) in [5.74, 6) is -0.0595. The first-order valence-electron chi connectivity index (χ1n) is 7.93. The number of hydrogen-bond donors (Lipinski definition) is 1. The average Bonchev–Trinajstić information content (AvgIpc) is 3.21. The normalized spacial score (nSPS) is 11.0. The molecule has 2 heterocycles. The van der Waals surface area contributed by atoms with Crippen LogP contribution in [-0.4, -0.2) is 10.9 Å². The van der Waals surface area contributed by atoms with E-state index in [1.54, 1.807) is 11.3 Å². The SMILES string of the molecule is Cc1ccc2nc(-c3ccc(NC(=O)c4sccc4C)cc3)sc2c1. The van der Waals surface area contributed by atoms with Crippen molar-refractivity contribution in [3.05, 3.63) is 69.9 Å². The third-order valence-electron chi connectivity index (χ3n) is 4.00. The van der Waals surface area contributed by atoms with Crippen LogP contribution in [0, 0.1) is 13.8 Å². The summed E-state index contributed by atoms with van der Waals surface area (Å²) in [6, 6.07) is 16.1. The van der Waals surface area contributed by atoms with Gasteiger partial charge in [-0.1, -0.05) is 6.07 Å². The molecule has 124 valence electrons. The van der Waals surface area contributed by atoms with E-state index in [9.17, 15) is 4.79 Å². The van der Waals surface area contributed by atoms with Gasteiger partial charge in [0.05, 0.1) is 15.1 Å². The van der Waals surface area contributed by atoms with Crippen LogP contribution < -0.4 is 5.32 Å². The Bertz CT molecular complexity index is 1060. The molecule has 0 aliphatic rings. The van der Waals surface area contributed by atoms with Crippen molar-refractivity contribution in [3.8, 4) is 10.6 Å². The number of anilines is 1. The molecule has 2 aromatic heterocycles. The van der Waals surface area contributed by atoms with Crippen molar-refractivity contribution in [2.75, 3.05) is 5.32 Å². The molecular formula is C20H16N2OS2. The molecule has 1 amide bonds. The fraction of sp³-hybridized carbons (Fsp3) is 0.100. The maximum absolute atomic E-state index is 12.3. The van der Waals surface area contributed by atoms with Crippen molar-refractivity contribution in [1.29, 1.82) is 0 Å². The molecule has 0 saturated carbocycles. The topological polar surface area (TPSA) is 42.0 Å². The molecule has 0 atom stereocenters. The van der Waals surface area contributed by atoms with Crippen molar-refractivity contribution in [2.24, 2.45) is 0 Å². The van der Waals surface area contributed by atoms with E-state index >= 15 is 0 Å². The van der Waals surface area contributed by atoms with E-state index in [0.717, 1.165) is 32.2 Å². The van der Waals surface area contributed by atoms with Gasteiger partial charge in [0.15, 0.2) is 0 Å². The molecule has 4 aromatic rings. The second-order valence-electron chi connectivity index (χ2n) is 5.95. The molecule has 5 heteroatoms. The predicted molar refractivity (Wildman–Crippen MR) is 107 cm³/mol. The van der Waals surface area contributed by atoms with Gasteiger partial charge in [-0.2, -0.15) is 0 Å². The second kappa shape index (κ2) is 6.43. The Kier molecular flexibility index (Phi) is 4.11. The summed E-state index contributed by atoms with van der Waals surface area (Å²) in [7, 11) is 0. The smallest absolute Gasteiger partial charge is 0.265 e. The number of nitrogens with one attached hydrogen (secondary N) is 1. The van der Waals surface area contributed by atoms with E-state index in [0.29, 0.717) is 0 Å². The molecule has 0 saturated heterocycles. The molecule has 0 radical (unpaired) electrons. The summed E-state index contributed by atoms with van der Waals surface area (Å²) in [6.45, 7) is 4.04. The number of amides is 1. The highest BCUT2D eigenvalue weighted by molar-refractivity contribution is 7.21. The minimum absolute atomic E-state index is 0.0595. The van der Waals surface area contributed by atoms with Crippen molar-refractivity contribution in [2.45, 2.75) is 13.8 Å². The lowest BCUT2D eigenvalue weighted by atomic mass is 10.2. The largest absolute Gasteiger partial charge is 0.321 e. The van der Waals surface area contributed by atoms with Crippen LogP contribution in [0.15, 0.2) is 53.9 Å². The fourth-order valence-electron chi connectivity index (χ4n) is 2.64. The highest BCUT2D eigenvalue weighted by atomic mass is 32.1. The standard InChI is InChI=1S/C20H16N2OS2/c1-12-3-8-16-17(11-12)25-20(22-16)14-4-6-15(7-5-14)21-19(23)18-13(2)9-10-24-18/h3-11H,1-2H3,(H,21,23). The van der Waals surface area contributed by atoms with Crippen LogP contribution >= 0.6 is 22.7 Å². The van der Waals surface area contributed by atoms with Gasteiger partial charge in [0.2, 0.25) is 0 Å². The molecule has 4 rings (SSSR count). The predicted octanol–water partition coefficient (Wildman–Crippen LogP) is 5.89. The van der Waals surface area contributed by atoms with Crippen LogP contribution in [0.25, 0.3) is 20.8 Å². The number of thiazole rings is 1. The summed E-state index contributed by atoms with van der Waals surface area (Å²) in [5, 5.41) is 5.88. The molecule has 0 fully saturated rings. The van der Waals surface area contributed by atoms with Gasteiger partial charge >= 0.3 is 0 Å². The van der Waals surface area contributed by atoms with Gasteiger partial charge in [-0.3, -0.25) is 4.79 Å². The molecule has 0 aliphatic heterocycles. The van der Waals surface area contributed by atoms with Gasteiger partial charge in [0.25, 0.3) is 5.91 Å². The first-order chi connectivity index (χ1) is 12.1. The van der Waals surface area contributed by atoms with Crippen molar-refractivity contribution in [3.63, 3.8) is 0 Å². The van der Waals surface area contributed by atoms with Crippen molar-refractivity contribution in [1.82, 2.24) is 4.98 Å². The molecule has 0 unspecified atom stereocenters. The Hall–Kier alpha value is -2.50. The molecule has 0 aliphatic carbocycles. The minimum atomic E-state index is -0.0595. The maximum atomic E-state index is 12.3. The number of benzene rings is 2. The first-order valence-corrected chi connectivity index (χ1v) is 9.63. The van der Waals surface area contributed by atoms with Crippen LogP contribution in [0.5, 0.6) is 0 Å². The number of fused-ring (bicyclic) bond motifs is 1. The van der Waals surface area contributed by atoms with Crippen LogP contribution in [0.4, 0.5) is 5.69 Å².